The van der Waals surface area contributed by atoms with Crippen molar-refractivity contribution >= 4 is 39.9 Å². The van der Waals surface area contributed by atoms with E-state index in [4.69, 9.17) is 0 Å². The molecule has 164 valence electrons. The normalized spacial score (nSPS) is 15.9. The van der Waals surface area contributed by atoms with E-state index in [1.54, 1.807) is 6.92 Å². The molecule has 10 heteroatoms. The molecule has 31 heavy (non-hydrogen) atoms. The highest BCUT2D eigenvalue weighted by Gasteiger charge is 2.41. The maximum atomic E-state index is 13.3. The van der Waals surface area contributed by atoms with E-state index >= 15 is 0 Å². The number of nitrogens with zero attached hydrogens (tertiary/aromatic N) is 4. The molecule has 2 heterocycles. The Hall–Kier alpha value is -3.11. The number of rotatable bonds is 8. The number of hydrazine groups is 1. The predicted octanol–water partition coefficient (Wildman–Crippen LogP) is 2.26. The van der Waals surface area contributed by atoms with Crippen LogP contribution >= 0.6 is 11.3 Å². The van der Waals surface area contributed by atoms with Crippen LogP contribution in [0.2, 0.25) is 0 Å². The molecule has 0 radical (unpaired) electrons. The second-order valence-electron chi connectivity index (χ2n) is 7.08. The van der Waals surface area contributed by atoms with E-state index in [1.165, 1.54) is 6.92 Å². The molecule has 0 bridgehead atoms. The molecule has 0 unspecified atom stereocenters. The average molecular weight is 443 g/mol. The third-order valence-electron chi connectivity index (χ3n) is 4.98. The third-order valence-corrected chi connectivity index (χ3v) is 6.04. The molecule has 9 nitrogen and oxygen atoms in total. The number of carbonyl (C=O) groups excluding carboxylic acids is 3. The molecule has 1 atom stereocenters. The number of thiazole rings is 1. The fraction of sp³-hybridized carbons (Fsp3) is 0.381. The van der Waals surface area contributed by atoms with Crippen LogP contribution in [-0.4, -0.2) is 58.0 Å². The molecule has 0 fully saturated rings. The Morgan fingerprint density at radius 1 is 1.19 bits per heavy atom. The summed E-state index contributed by atoms with van der Waals surface area (Å²) in [7, 11) is 0. The topological polar surface area (TPSA) is 107 Å². The van der Waals surface area contributed by atoms with Crippen LogP contribution in [0.4, 0.5) is 5.13 Å². The van der Waals surface area contributed by atoms with Crippen molar-refractivity contribution in [3.63, 3.8) is 0 Å². The maximum Gasteiger partial charge on any atom is 0.293 e. The van der Waals surface area contributed by atoms with Gasteiger partial charge in [0.05, 0.1) is 17.3 Å². The van der Waals surface area contributed by atoms with E-state index in [2.05, 4.69) is 25.8 Å². The highest BCUT2D eigenvalue weighted by atomic mass is 32.1. The number of hydrogen-bond donors (Lipinski definition) is 2. The Morgan fingerprint density at radius 3 is 2.48 bits per heavy atom. The smallest absolute Gasteiger partial charge is 0.293 e. The molecule has 0 spiro atoms. The van der Waals surface area contributed by atoms with Crippen molar-refractivity contribution < 1.29 is 14.4 Å². The quantitative estimate of drug-likeness (QED) is 0.480. The zero-order chi connectivity index (χ0) is 22.5. The van der Waals surface area contributed by atoms with Gasteiger partial charge in [-0.25, -0.2) is 4.98 Å². The zero-order valence-corrected chi connectivity index (χ0v) is 18.8. The van der Waals surface area contributed by atoms with E-state index in [0.717, 1.165) is 35.0 Å². The number of amides is 3. The van der Waals surface area contributed by atoms with E-state index in [-0.39, 0.29) is 11.8 Å². The molecule has 0 aliphatic carbocycles. The number of aromatic nitrogens is 1. The van der Waals surface area contributed by atoms with Crippen LogP contribution in [0.25, 0.3) is 0 Å². The highest BCUT2D eigenvalue weighted by molar-refractivity contribution is 7.17. The lowest BCUT2D eigenvalue weighted by Gasteiger charge is -2.22. The van der Waals surface area contributed by atoms with Crippen LogP contribution in [0.15, 0.2) is 35.4 Å². The Morgan fingerprint density at radius 2 is 1.87 bits per heavy atom. The minimum Gasteiger partial charge on any atom is -0.303 e. The van der Waals surface area contributed by atoms with E-state index in [9.17, 15) is 14.4 Å². The Balaban J connectivity index is 1.91. The first-order valence-electron chi connectivity index (χ1n) is 10.1. The SMILES string of the molecule is CCN(CC)C[C@@H]1C(=O)N(C(=O)c2sc(NNC(C)=O)nc2C)N=C1c1ccccc1. The van der Waals surface area contributed by atoms with E-state index in [1.807, 2.05) is 44.2 Å². The fourth-order valence-electron chi connectivity index (χ4n) is 3.30. The van der Waals surface area contributed by atoms with Crippen LogP contribution in [0.3, 0.4) is 0 Å². The number of hydrazone groups is 1. The summed E-state index contributed by atoms with van der Waals surface area (Å²) < 4.78 is 0. The number of hydrogen-bond acceptors (Lipinski definition) is 8. The van der Waals surface area contributed by atoms with Crippen molar-refractivity contribution in [2.24, 2.45) is 11.0 Å². The van der Waals surface area contributed by atoms with Gasteiger partial charge in [-0.15, -0.1) is 0 Å². The van der Waals surface area contributed by atoms with Gasteiger partial charge in [0.25, 0.3) is 11.8 Å². The largest absolute Gasteiger partial charge is 0.303 e. The molecule has 2 aromatic rings. The van der Waals surface area contributed by atoms with Crippen molar-refractivity contribution in [2.45, 2.75) is 27.7 Å². The van der Waals surface area contributed by atoms with Crippen molar-refractivity contribution in [3.05, 3.63) is 46.5 Å². The number of carbonyl (C=O) groups is 3. The van der Waals surface area contributed by atoms with Crippen LogP contribution in [0.1, 0.15) is 41.7 Å². The summed E-state index contributed by atoms with van der Waals surface area (Å²) in [6.07, 6.45) is 0. The summed E-state index contributed by atoms with van der Waals surface area (Å²) in [6, 6.07) is 9.45. The molecule has 1 aliphatic heterocycles. The van der Waals surface area contributed by atoms with Crippen molar-refractivity contribution in [1.82, 2.24) is 20.3 Å². The van der Waals surface area contributed by atoms with Crippen LogP contribution in [-0.2, 0) is 9.59 Å². The summed E-state index contributed by atoms with van der Waals surface area (Å²) >= 11 is 1.06. The average Bonchev–Trinajstić information content (AvgIpc) is 3.30. The molecule has 1 aromatic heterocycles. The molecular formula is C21H26N6O3S. The summed E-state index contributed by atoms with van der Waals surface area (Å²) in [5, 5.41) is 5.77. The molecule has 1 aromatic carbocycles. The molecule has 2 N–H and O–H groups in total. The van der Waals surface area contributed by atoms with Gasteiger partial charge in [-0.3, -0.25) is 25.2 Å². The Labute approximate surface area is 185 Å². The predicted molar refractivity (Wildman–Crippen MR) is 120 cm³/mol. The maximum absolute atomic E-state index is 13.3. The van der Waals surface area contributed by atoms with Gasteiger partial charge in [0.2, 0.25) is 11.0 Å². The molecule has 3 rings (SSSR count). The van der Waals surface area contributed by atoms with Gasteiger partial charge in [-0.2, -0.15) is 10.1 Å². The zero-order valence-electron chi connectivity index (χ0n) is 18.0. The number of aryl methyl sites for hydroxylation is 1. The van der Waals surface area contributed by atoms with Gasteiger partial charge in [0, 0.05) is 13.5 Å². The van der Waals surface area contributed by atoms with Crippen LogP contribution in [0.5, 0.6) is 0 Å². The summed E-state index contributed by atoms with van der Waals surface area (Å²) in [6.45, 7) is 9.19. The number of nitrogens with one attached hydrogen (secondary N) is 2. The first-order valence-corrected chi connectivity index (χ1v) is 10.9. The summed E-state index contributed by atoms with van der Waals surface area (Å²) in [5.41, 5.74) is 6.94. The molecular weight excluding hydrogens is 416 g/mol. The monoisotopic (exact) mass is 442 g/mol. The molecule has 0 saturated carbocycles. The van der Waals surface area contributed by atoms with Crippen molar-refractivity contribution in [3.8, 4) is 0 Å². The van der Waals surface area contributed by atoms with E-state index < -0.39 is 11.8 Å². The lowest BCUT2D eigenvalue weighted by Crippen LogP contribution is -2.39. The van der Waals surface area contributed by atoms with E-state index in [0.29, 0.717) is 28.0 Å². The lowest BCUT2D eigenvalue weighted by molar-refractivity contribution is -0.129. The van der Waals surface area contributed by atoms with Crippen LogP contribution in [0, 0.1) is 12.8 Å². The minimum absolute atomic E-state index is 0.285. The van der Waals surface area contributed by atoms with Gasteiger partial charge in [-0.1, -0.05) is 55.5 Å². The van der Waals surface area contributed by atoms with Gasteiger partial charge in [-0.05, 0) is 25.6 Å². The fourth-order valence-corrected chi connectivity index (χ4v) is 4.14. The van der Waals surface area contributed by atoms with Gasteiger partial charge >= 0.3 is 0 Å². The Kier molecular flexibility index (Phi) is 7.13. The number of anilines is 1. The number of benzene rings is 1. The van der Waals surface area contributed by atoms with Gasteiger partial charge < -0.3 is 4.90 Å². The molecule has 0 saturated heterocycles. The minimum atomic E-state index is -0.531. The second-order valence-corrected chi connectivity index (χ2v) is 8.08. The highest BCUT2D eigenvalue weighted by Crippen LogP contribution is 2.28. The summed E-state index contributed by atoms with van der Waals surface area (Å²) in [5.74, 6) is -1.69. The molecule has 3 amide bonds. The third kappa shape index (κ3) is 4.97. The Bertz CT molecular complexity index is 1000. The summed E-state index contributed by atoms with van der Waals surface area (Å²) in [4.78, 5) is 44.3. The first kappa shape index (κ1) is 22.6. The van der Waals surface area contributed by atoms with Gasteiger partial charge in [0.15, 0.2) is 0 Å². The second kappa shape index (κ2) is 9.80. The van der Waals surface area contributed by atoms with Crippen LogP contribution < -0.4 is 10.9 Å². The van der Waals surface area contributed by atoms with Crippen molar-refractivity contribution in [2.75, 3.05) is 25.1 Å². The lowest BCUT2D eigenvalue weighted by atomic mass is 9.96. The standard InChI is InChI=1S/C21H26N6O3S/c1-5-26(6-2)12-16-17(15-10-8-7-9-11-15)25-27(19(16)29)20(30)18-13(3)22-21(31-18)24-23-14(4)28/h7-11,16H,5-6,12H2,1-4H3,(H,22,24)(H,23,28)/t16-/m0/s1. The van der Waals surface area contributed by atoms with Gasteiger partial charge in [0.1, 0.15) is 4.88 Å². The molecule has 1 aliphatic rings. The first-order chi connectivity index (χ1) is 14.8. The number of imide groups is 1. The van der Waals surface area contributed by atoms with Crippen molar-refractivity contribution in [1.29, 1.82) is 0 Å².